The van der Waals surface area contributed by atoms with Crippen molar-refractivity contribution in [1.29, 1.82) is 0 Å². The number of pyridine rings is 1. The van der Waals surface area contributed by atoms with Crippen LogP contribution in [0.25, 0.3) is 0 Å². The van der Waals surface area contributed by atoms with E-state index >= 15 is 0 Å². The van der Waals surface area contributed by atoms with Gasteiger partial charge in [-0.3, -0.25) is 19.1 Å². The highest BCUT2D eigenvalue weighted by atomic mass is 32.2. The molecule has 3 heterocycles. The molecule has 0 saturated carbocycles. The second kappa shape index (κ2) is 14.2. The Labute approximate surface area is 250 Å². The van der Waals surface area contributed by atoms with Crippen LogP contribution in [0.5, 0.6) is 5.75 Å². The number of carbonyl (C=O) groups is 3. The average Bonchev–Trinajstić information content (AvgIpc) is 3.64. The summed E-state index contributed by atoms with van der Waals surface area (Å²) in [6.45, 7) is 2.24. The summed E-state index contributed by atoms with van der Waals surface area (Å²) in [6.07, 6.45) is 9.93. The van der Waals surface area contributed by atoms with Crippen LogP contribution in [0.1, 0.15) is 61.8 Å². The first-order valence-electron chi connectivity index (χ1n) is 14.0. The van der Waals surface area contributed by atoms with Crippen molar-refractivity contribution in [2.45, 2.75) is 68.5 Å². The molecule has 14 heteroatoms. The fourth-order valence-corrected chi connectivity index (χ4v) is 5.77. The van der Waals surface area contributed by atoms with Crippen molar-refractivity contribution in [2.75, 3.05) is 19.0 Å². The zero-order chi connectivity index (χ0) is 31.0. The monoisotopic (exact) mass is 613 g/mol. The van der Waals surface area contributed by atoms with Crippen molar-refractivity contribution in [2.24, 2.45) is 0 Å². The Hall–Kier alpha value is -4.30. The summed E-state index contributed by atoms with van der Waals surface area (Å²) in [7, 11) is -3.37. The predicted molar refractivity (Wildman–Crippen MR) is 155 cm³/mol. The molecule has 0 radical (unpaired) electrons. The molecule has 1 aromatic carbocycles. The van der Waals surface area contributed by atoms with Crippen LogP contribution >= 0.6 is 0 Å². The molecule has 0 bridgehead atoms. The fraction of sp³-hybridized carbons (Fsp3) is 0.414. The summed E-state index contributed by atoms with van der Waals surface area (Å²) < 4.78 is 45.6. The summed E-state index contributed by atoms with van der Waals surface area (Å²) in [5.41, 5.74) is -0.260. The molecule has 0 aliphatic carbocycles. The van der Waals surface area contributed by atoms with Gasteiger partial charge in [-0.05, 0) is 30.7 Å². The number of amides is 2. The maximum absolute atomic E-state index is 14.1. The third-order valence-corrected chi connectivity index (χ3v) is 8.10. The van der Waals surface area contributed by atoms with Crippen molar-refractivity contribution in [3.05, 3.63) is 66.9 Å². The van der Waals surface area contributed by atoms with Crippen molar-refractivity contribution in [3.8, 4) is 5.75 Å². The number of imidazole rings is 1. The zero-order valence-corrected chi connectivity index (χ0v) is 24.8. The van der Waals surface area contributed by atoms with Gasteiger partial charge in [0.2, 0.25) is 5.91 Å². The summed E-state index contributed by atoms with van der Waals surface area (Å²) >= 11 is 0. The fourth-order valence-electron chi connectivity index (χ4n) is 5.09. The van der Waals surface area contributed by atoms with Crippen LogP contribution in [0.15, 0.2) is 66.2 Å². The number of hydrogen-bond donors (Lipinski definition) is 2. The Morgan fingerprint density at radius 1 is 1.14 bits per heavy atom. The minimum Gasteiger partial charge on any atom is -0.487 e. The summed E-state index contributed by atoms with van der Waals surface area (Å²) in [5.74, 6) is -1.08. The first kappa shape index (κ1) is 31.6. The number of methoxy groups -OCH3 is 1. The maximum atomic E-state index is 14.1. The molecule has 1 aliphatic rings. The molecule has 43 heavy (non-hydrogen) atoms. The van der Waals surface area contributed by atoms with Crippen LogP contribution < -0.4 is 10.1 Å². The maximum Gasteiger partial charge on any atom is 0.328 e. The Balaban J connectivity index is 1.56. The van der Waals surface area contributed by atoms with Gasteiger partial charge in [0, 0.05) is 18.8 Å². The van der Waals surface area contributed by atoms with E-state index in [1.807, 2.05) is 0 Å². The normalized spacial score (nSPS) is 17.3. The van der Waals surface area contributed by atoms with Crippen LogP contribution in [0, 0.1) is 0 Å². The van der Waals surface area contributed by atoms with Gasteiger partial charge >= 0.3 is 5.97 Å². The van der Waals surface area contributed by atoms with E-state index in [9.17, 15) is 27.4 Å². The van der Waals surface area contributed by atoms with Gasteiger partial charge in [0.25, 0.3) is 16.0 Å². The number of unbranched alkanes of at least 4 members (excludes halogenated alkanes) is 3. The average molecular weight is 614 g/mol. The molecule has 2 aromatic heterocycles. The molecule has 0 spiro atoms. The SMILES string of the molecule is CCCCCC[C@H](C(=O)N1C[C@@H](Oc2cccnc2)C[C@H]1C(=O)OC)n1cnc(NC(=O)c2ccccc2S(=O)(=O)O)c1. The summed E-state index contributed by atoms with van der Waals surface area (Å²) in [5, 5.41) is 2.53. The van der Waals surface area contributed by atoms with Crippen LogP contribution in [-0.4, -0.2) is 76.0 Å². The van der Waals surface area contributed by atoms with Gasteiger partial charge in [-0.25, -0.2) is 9.78 Å². The van der Waals surface area contributed by atoms with Crippen LogP contribution in [-0.2, 0) is 24.4 Å². The van der Waals surface area contributed by atoms with E-state index in [-0.39, 0.29) is 30.3 Å². The number of benzene rings is 1. The second-order valence-electron chi connectivity index (χ2n) is 10.2. The molecule has 13 nitrogen and oxygen atoms in total. The topological polar surface area (TPSA) is 170 Å². The number of carbonyl (C=O) groups excluding carboxylic acids is 3. The number of rotatable bonds is 13. The molecule has 2 amide bonds. The number of aromatic nitrogens is 3. The number of hydrogen-bond acceptors (Lipinski definition) is 9. The summed E-state index contributed by atoms with van der Waals surface area (Å²) in [4.78, 5) is 48.9. The molecule has 2 N–H and O–H groups in total. The third kappa shape index (κ3) is 7.96. The van der Waals surface area contributed by atoms with Gasteiger partial charge in [-0.2, -0.15) is 8.42 Å². The molecule has 1 aliphatic heterocycles. The Morgan fingerprint density at radius 2 is 1.93 bits per heavy atom. The minimum atomic E-state index is -4.64. The number of nitrogens with zero attached hydrogens (tertiary/aromatic N) is 4. The van der Waals surface area contributed by atoms with Gasteiger partial charge in [0.05, 0.1) is 31.7 Å². The van der Waals surface area contributed by atoms with E-state index in [1.54, 1.807) is 29.1 Å². The van der Waals surface area contributed by atoms with Gasteiger partial charge in [0.1, 0.15) is 28.8 Å². The summed E-state index contributed by atoms with van der Waals surface area (Å²) in [6, 6.07) is 7.11. The lowest BCUT2D eigenvalue weighted by molar-refractivity contribution is -0.152. The highest BCUT2D eigenvalue weighted by molar-refractivity contribution is 7.86. The van der Waals surface area contributed by atoms with Crippen LogP contribution in [0.4, 0.5) is 5.82 Å². The Bertz CT molecular complexity index is 1530. The number of nitrogens with one attached hydrogen (secondary N) is 1. The molecule has 3 aromatic rings. The molecule has 1 saturated heterocycles. The van der Waals surface area contributed by atoms with E-state index in [1.165, 1.54) is 42.7 Å². The lowest BCUT2D eigenvalue weighted by Gasteiger charge is -2.28. The standard InChI is InChI=1S/C29H35N5O8S/c1-3-4-5-6-12-23(28(36)34-17-21(15-24(34)29(37)41-2)42-20-10-9-14-30-16-20)33-18-26(31-19-33)32-27(35)22-11-7-8-13-25(22)43(38,39)40/h7-11,13-14,16,18-19,21,23-24H,3-6,12,15,17H2,1-2H3,(H,32,35)(H,38,39,40)/t21-,23+,24-/m0/s1. The number of ether oxygens (including phenoxy) is 2. The van der Waals surface area contributed by atoms with E-state index in [0.29, 0.717) is 12.2 Å². The van der Waals surface area contributed by atoms with Crippen LogP contribution in [0.2, 0.25) is 0 Å². The van der Waals surface area contributed by atoms with E-state index in [2.05, 4.69) is 22.2 Å². The van der Waals surface area contributed by atoms with Gasteiger partial charge in [0.15, 0.2) is 5.82 Å². The molecule has 4 rings (SSSR count). The Morgan fingerprint density at radius 3 is 2.63 bits per heavy atom. The molecular formula is C29H35N5O8S. The lowest BCUT2D eigenvalue weighted by atomic mass is 10.1. The van der Waals surface area contributed by atoms with E-state index < -0.39 is 45.1 Å². The molecule has 0 unspecified atom stereocenters. The third-order valence-electron chi connectivity index (χ3n) is 7.18. The lowest BCUT2D eigenvalue weighted by Crippen LogP contribution is -2.44. The number of esters is 1. The van der Waals surface area contributed by atoms with Gasteiger partial charge < -0.3 is 24.3 Å². The van der Waals surface area contributed by atoms with Crippen molar-refractivity contribution in [3.63, 3.8) is 0 Å². The Kier molecular flexibility index (Phi) is 10.5. The highest BCUT2D eigenvalue weighted by Gasteiger charge is 2.43. The first-order valence-corrected chi connectivity index (χ1v) is 15.4. The first-order chi connectivity index (χ1) is 20.6. The van der Waals surface area contributed by atoms with Gasteiger partial charge in [-0.15, -0.1) is 0 Å². The number of likely N-dealkylation sites (tertiary alicyclic amines) is 1. The molecular weight excluding hydrogens is 578 g/mol. The molecule has 3 atom stereocenters. The van der Waals surface area contributed by atoms with Gasteiger partial charge in [-0.1, -0.05) is 44.7 Å². The minimum absolute atomic E-state index is 0.0743. The molecule has 1 fully saturated rings. The van der Waals surface area contributed by atoms with Crippen molar-refractivity contribution < 1.29 is 36.8 Å². The van der Waals surface area contributed by atoms with E-state index in [0.717, 1.165) is 31.7 Å². The smallest absolute Gasteiger partial charge is 0.328 e. The van der Waals surface area contributed by atoms with Crippen molar-refractivity contribution in [1.82, 2.24) is 19.4 Å². The largest absolute Gasteiger partial charge is 0.487 e. The van der Waals surface area contributed by atoms with Crippen molar-refractivity contribution >= 4 is 33.7 Å². The predicted octanol–water partition coefficient (Wildman–Crippen LogP) is 3.51. The quantitative estimate of drug-likeness (QED) is 0.165. The molecule has 230 valence electrons. The zero-order valence-electron chi connectivity index (χ0n) is 24.0. The van der Waals surface area contributed by atoms with Crippen LogP contribution in [0.3, 0.4) is 0 Å². The number of anilines is 1. The highest BCUT2D eigenvalue weighted by Crippen LogP contribution is 2.29. The second-order valence-corrected chi connectivity index (χ2v) is 11.6. The van der Waals surface area contributed by atoms with E-state index in [4.69, 9.17) is 9.47 Å².